The largest absolute Gasteiger partial charge is 0.437 e. The summed E-state index contributed by atoms with van der Waals surface area (Å²) in [6, 6.07) is 9.21. The average Bonchev–Trinajstić information content (AvgIpc) is 2.42. The minimum Gasteiger partial charge on any atom is -0.437 e. The summed E-state index contributed by atoms with van der Waals surface area (Å²) < 4.78 is 51.0. The molecule has 7 heteroatoms. The van der Waals surface area contributed by atoms with E-state index in [2.05, 4.69) is 4.98 Å². The van der Waals surface area contributed by atoms with Crippen molar-refractivity contribution in [2.24, 2.45) is 0 Å². The van der Waals surface area contributed by atoms with Crippen LogP contribution in [0.3, 0.4) is 0 Å². The number of rotatable bonds is 3. The van der Waals surface area contributed by atoms with Crippen LogP contribution in [0.5, 0.6) is 11.6 Å². The monoisotopic (exact) mass is 324 g/mol. The van der Waals surface area contributed by atoms with E-state index in [4.69, 9.17) is 15.2 Å². The molecule has 4 nitrogen and oxygen atoms in total. The number of benzene rings is 1. The number of anilines is 1. The van der Waals surface area contributed by atoms with Gasteiger partial charge in [0.25, 0.3) is 0 Å². The first-order chi connectivity index (χ1) is 10.8. The predicted molar refractivity (Wildman–Crippen MR) is 78.2 cm³/mol. The van der Waals surface area contributed by atoms with Crippen LogP contribution < -0.4 is 10.5 Å². The average molecular weight is 324 g/mol. The number of nitrogen functional groups attached to an aromatic ring is 1. The molecule has 1 unspecified atom stereocenters. The molecule has 0 saturated carbocycles. The van der Waals surface area contributed by atoms with Crippen molar-refractivity contribution >= 4 is 5.69 Å². The molecular weight excluding hydrogens is 309 g/mol. The molecule has 2 N–H and O–H groups in total. The lowest BCUT2D eigenvalue weighted by molar-refractivity contribution is -0.333. The van der Waals surface area contributed by atoms with Crippen LogP contribution >= 0.6 is 0 Å². The third kappa shape index (κ3) is 2.61. The zero-order chi connectivity index (χ0) is 16.7. The Kier molecular flexibility index (Phi) is 3.68. The number of aryl methyl sites for hydroxylation is 1. The van der Waals surface area contributed by atoms with E-state index in [-0.39, 0.29) is 35.9 Å². The highest BCUT2D eigenvalue weighted by molar-refractivity contribution is 5.51. The summed E-state index contributed by atoms with van der Waals surface area (Å²) in [6.45, 7) is 1.79. The van der Waals surface area contributed by atoms with Crippen molar-refractivity contribution in [3.8, 4) is 11.6 Å². The Morgan fingerprint density at radius 3 is 2.52 bits per heavy atom. The Hall–Kier alpha value is -2.28. The highest BCUT2D eigenvalue weighted by atomic mass is 19.4. The van der Waals surface area contributed by atoms with Gasteiger partial charge < -0.3 is 15.2 Å². The molecule has 23 heavy (non-hydrogen) atoms. The highest BCUT2D eigenvalue weighted by Gasteiger charge is 2.62. The predicted octanol–water partition coefficient (Wildman–Crippen LogP) is 3.94. The van der Waals surface area contributed by atoms with Gasteiger partial charge in [-0.05, 0) is 25.1 Å². The summed E-state index contributed by atoms with van der Waals surface area (Å²) in [5, 5.41) is 0. The van der Waals surface area contributed by atoms with Gasteiger partial charge in [0.05, 0.1) is 12.3 Å². The third-order valence-electron chi connectivity index (χ3n) is 3.82. The molecule has 2 aromatic rings. The molecule has 3 rings (SSSR count). The first-order valence-corrected chi connectivity index (χ1v) is 7.05. The Labute approximate surface area is 131 Å². The quantitative estimate of drug-likeness (QED) is 0.929. The molecule has 0 spiro atoms. The molecule has 1 aromatic heterocycles. The fourth-order valence-electron chi connectivity index (χ4n) is 2.51. The summed E-state index contributed by atoms with van der Waals surface area (Å²) in [5.41, 5.74) is 4.29. The van der Waals surface area contributed by atoms with Crippen LogP contribution in [-0.4, -0.2) is 17.8 Å². The Morgan fingerprint density at radius 2 is 1.91 bits per heavy atom. The van der Waals surface area contributed by atoms with Crippen LogP contribution in [0.25, 0.3) is 0 Å². The van der Waals surface area contributed by atoms with Crippen molar-refractivity contribution in [2.75, 3.05) is 12.3 Å². The maximum absolute atomic E-state index is 13.5. The highest BCUT2D eigenvalue weighted by Crippen LogP contribution is 2.53. The number of nitrogens with zero attached hydrogens (tertiary/aromatic N) is 1. The fourth-order valence-corrected chi connectivity index (χ4v) is 2.51. The van der Waals surface area contributed by atoms with E-state index in [1.807, 2.05) is 0 Å². The second-order valence-electron chi connectivity index (χ2n) is 5.37. The third-order valence-corrected chi connectivity index (χ3v) is 3.82. The molecule has 1 saturated heterocycles. The van der Waals surface area contributed by atoms with Gasteiger partial charge in [-0.3, -0.25) is 0 Å². The van der Waals surface area contributed by atoms with Crippen LogP contribution in [0.1, 0.15) is 17.7 Å². The van der Waals surface area contributed by atoms with Gasteiger partial charge >= 0.3 is 6.18 Å². The van der Waals surface area contributed by atoms with E-state index in [1.165, 1.54) is 18.2 Å². The van der Waals surface area contributed by atoms with Crippen molar-refractivity contribution in [3.05, 3.63) is 47.7 Å². The molecule has 1 fully saturated rings. The summed E-state index contributed by atoms with van der Waals surface area (Å²) >= 11 is 0. The minimum atomic E-state index is -4.53. The lowest BCUT2D eigenvalue weighted by Crippen LogP contribution is -2.52. The van der Waals surface area contributed by atoms with E-state index in [1.54, 1.807) is 25.1 Å². The van der Waals surface area contributed by atoms with Crippen molar-refractivity contribution < 1.29 is 22.6 Å². The number of pyridine rings is 1. The molecule has 1 aromatic carbocycles. The summed E-state index contributed by atoms with van der Waals surface area (Å²) in [7, 11) is 0. The summed E-state index contributed by atoms with van der Waals surface area (Å²) in [5.74, 6) is 0.114. The Morgan fingerprint density at radius 1 is 1.22 bits per heavy atom. The van der Waals surface area contributed by atoms with Crippen LogP contribution in [0, 0.1) is 6.92 Å². The summed E-state index contributed by atoms with van der Waals surface area (Å²) in [6.07, 6.45) is -4.68. The van der Waals surface area contributed by atoms with E-state index in [9.17, 15) is 13.2 Å². The number of alkyl halides is 3. The normalized spacial score (nSPS) is 20.9. The van der Waals surface area contributed by atoms with Gasteiger partial charge in [0.1, 0.15) is 5.75 Å². The van der Waals surface area contributed by atoms with Crippen LogP contribution in [-0.2, 0) is 10.3 Å². The number of hydrogen-bond acceptors (Lipinski definition) is 4. The molecule has 0 radical (unpaired) electrons. The SMILES string of the molecule is Cc1ccc(N)c(Oc2ccccc2C2(C(F)(F)F)CCO2)n1. The standard InChI is InChI=1S/C16H15F3N2O2/c1-10-6-7-12(20)14(21-10)23-13-5-3-2-4-11(13)15(8-9-22-15)16(17,18)19/h2-7H,8-9,20H2,1H3. The van der Waals surface area contributed by atoms with Crippen molar-refractivity contribution in [1.29, 1.82) is 0 Å². The maximum atomic E-state index is 13.5. The topological polar surface area (TPSA) is 57.4 Å². The van der Waals surface area contributed by atoms with Crippen molar-refractivity contribution in [3.63, 3.8) is 0 Å². The molecule has 122 valence electrons. The molecule has 1 aliphatic heterocycles. The lowest BCUT2D eigenvalue weighted by Gasteiger charge is -2.43. The molecular formula is C16H15F3N2O2. The minimum absolute atomic E-state index is 0.0364. The number of aromatic nitrogens is 1. The second kappa shape index (κ2) is 5.42. The van der Waals surface area contributed by atoms with Crippen LogP contribution in [0.4, 0.5) is 18.9 Å². The first-order valence-electron chi connectivity index (χ1n) is 7.05. The number of hydrogen-bond donors (Lipinski definition) is 1. The summed E-state index contributed by atoms with van der Waals surface area (Å²) in [4.78, 5) is 4.13. The molecule has 1 aliphatic rings. The van der Waals surface area contributed by atoms with Gasteiger partial charge in [-0.1, -0.05) is 18.2 Å². The number of halogens is 3. The Bertz CT molecular complexity index is 728. The second-order valence-corrected chi connectivity index (χ2v) is 5.37. The van der Waals surface area contributed by atoms with Gasteiger partial charge in [-0.15, -0.1) is 0 Å². The van der Waals surface area contributed by atoms with E-state index < -0.39 is 11.8 Å². The van der Waals surface area contributed by atoms with Gasteiger partial charge in [0, 0.05) is 17.7 Å². The van der Waals surface area contributed by atoms with Gasteiger partial charge in [0.2, 0.25) is 5.88 Å². The van der Waals surface area contributed by atoms with Gasteiger partial charge in [0.15, 0.2) is 5.60 Å². The van der Waals surface area contributed by atoms with Gasteiger partial charge in [-0.25, -0.2) is 4.98 Å². The zero-order valence-corrected chi connectivity index (χ0v) is 12.4. The zero-order valence-electron chi connectivity index (χ0n) is 12.4. The first kappa shape index (κ1) is 15.6. The van der Waals surface area contributed by atoms with E-state index in [0.29, 0.717) is 5.69 Å². The smallest absolute Gasteiger partial charge is 0.421 e. The molecule has 0 bridgehead atoms. The van der Waals surface area contributed by atoms with Crippen LogP contribution in [0.2, 0.25) is 0 Å². The fraction of sp³-hybridized carbons (Fsp3) is 0.312. The van der Waals surface area contributed by atoms with Crippen molar-refractivity contribution in [2.45, 2.75) is 25.1 Å². The maximum Gasteiger partial charge on any atom is 0.421 e. The van der Waals surface area contributed by atoms with Crippen LogP contribution in [0.15, 0.2) is 36.4 Å². The molecule has 0 amide bonds. The van der Waals surface area contributed by atoms with Crippen molar-refractivity contribution in [1.82, 2.24) is 4.98 Å². The Balaban J connectivity index is 2.04. The number of nitrogens with two attached hydrogens (primary N) is 1. The van der Waals surface area contributed by atoms with E-state index >= 15 is 0 Å². The number of ether oxygens (including phenoxy) is 2. The van der Waals surface area contributed by atoms with E-state index in [0.717, 1.165) is 0 Å². The molecule has 1 atom stereocenters. The van der Waals surface area contributed by atoms with Gasteiger partial charge in [-0.2, -0.15) is 13.2 Å². The number of para-hydroxylation sites is 1. The molecule has 2 heterocycles. The molecule has 0 aliphatic carbocycles. The lowest BCUT2D eigenvalue weighted by atomic mass is 9.85.